The van der Waals surface area contributed by atoms with Crippen molar-refractivity contribution in [2.45, 2.75) is 75.1 Å². The summed E-state index contributed by atoms with van der Waals surface area (Å²) >= 11 is 1.93. The highest BCUT2D eigenvalue weighted by molar-refractivity contribution is 8.00. The second-order valence-corrected chi connectivity index (χ2v) is 7.44. The summed E-state index contributed by atoms with van der Waals surface area (Å²) in [6.07, 6.45) is 8.72. The maximum Gasteiger partial charge on any atom is 0.315 e. The number of ketones is 1. The van der Waals surface area contributed by atoms with Crippen molar-refractivity contribution in [1.82, 2.24) is 10.6 Å². The van der Waals surface area contributed by atoms with Crippen LogP contribution in [0.15, 0.2) is 0 Å². The van der Waals surface area contributed by atoms with Crippen LogP contribution in [0.5, 0.6) is 0 Å². The molecule has 2 saturated heterocycles. The third kappa shape index (κ3) is 5.30. The molecule has 124 valence electrons. The maximum absolute atomic E-state index is 11.8. The lowest BCUT2D eigenvalue weighted by Crippen LogP contribution is -2.36. The van der Waals surface area contributed by atoms with E-state index in [1.165, 1.54) is 0 Å². The van der Waals surface area contributed by atoms with E-state index in [1.807, 2.05) is 11.8 Å². The fourth-order valence-electron chi connectivity index (χ4n) is 3.16. The van der Waals surface area contributed by atoms with Gasteiger partial charge in [0.25, 0.3) is 0 Å². The Bertz CT molecular complexity index is 403. The molecule has 2 amide bonds. The Morgan fingerprint density at radius 3 is 2.68 bits per heavy atom. The van der Waals surface area contributed by atoms with E-state index in [0.29, 0.717) is 30.3 Å². The van der Waals surface area contributed by atoms with Gasteiger partial charge in [0.15, 0.2) is 0 Å². The highest BCUT2D eigenvalue weighted by atomic mass is 32.2. The first kappa shape index (κ1) is 17.3. The van der Waals surface area contributed by atoms with Crippen molar-refractivity contribution >= 4 is 29.9 Å². The molecule has 2 fully saturated rings. The number of carbonyl (C=O) groups excluding carboxylic acids is 3. The van der Waals surface area contributed by atoms with Crippen molar-refractivity contribution in [1.29, 1.82) is 0 Å². The molecule has 0 aromatic heterocycles. The second kappa shape index (κ2) is 9.18. The summed E-state index contributed by atoms with van der Waals surface area (Å²) in [5.41, 5.74) is 0. The van der Waals surface area contributed by atoms with Crippen LogP contribution >= 0.6 is 11.8 Å². The first-order valence-electron chi connectivity index (χ1n) is 8.34. The van der Waals surface area contributed by atoms with Crippen molar-refractivity contribution in [2.24, 2.45) is 0 Å². The number of carbonyl (C=O) groups is 3. The van der Waals surface area contributed by atoms with Gasteiger partial charge in [-0.2, -0.15) is 11.8 Å². The minimum atomic E-state index is -0.0370. The van der Waals surface area contributed by atoms with Crippen LogP contribution in [0, 0.1) is 0 Å². The van der Waals surface area contributed by atoms with Gasteiger partial charge in [-0.1, -0.05) is 12.8 Å². The Balaban J connectivity index is 1.49. The Labute approximate surface area is 136 Å². The molecule has 2 heterocycles. The predicted molar refractivity (Wildman–Crippen MR) is 88.1 cm³/mol. The topological polar surface area (TPSA) is 75.3 Å². The molecule has 0 aromatic carbocycles. The molecule has 0 spiro atoms. The zero-order chi connectivity index (χ0) is 15.8. The first-order chi connectivity index (χ1) is 10.7. The number of hydrogen-bond donors (Lipinski definition) is 2. The minimum Gasteiger partial charge on any atom is -0.332 e. The van der Waals surface area contributed by atoms with Crippen molar-refractivity contribution in [3.8, 4) is 0 Å². The molecule has 5 nitrogen and oxygen atoms in total. The molecule has 0 saturated carbocycles. The molecular formula is C16H26N2O3S. The monoisotopic (exact) mass is 326 g/mol. The van der Waals surface area contributed by atoms with Crippen LogP contribution < -0.4 is 10.6 Å². The van der Waals surface area contributed by atoms with E-state index in [-0.39, 0.29) is 18.1 Å². The molecule has 2 rings (SSSR count). The summed E-state index contributed by atoms with van der Waals surface area (Å²) in [4.78, 5) is 33.2. The third-order valence-corrected chi connectivity index (χ3v) is 5.92. The van der Waals surface area contributed by atoms with Crippen LogP contribution in [0.3, 0.4) is 0 Å². The van der Waals surface area contributed by atoms with Crippen LogP contribution in [-0.4, -0.2) is 41.2 Å². The molecular weight excluding hydrogens is 300 g/mol. The van der Waals surface area contributed by atoms with E-state index >= 15 is 0 Å². The van der Waals surface area contributed by atoms with Gasteiger partial charge in [0.1, 0.15) is 12.1 Å². The lowest BCUT2D eigenvalue weighted by molar-refractivity contribution is -0.119. The largest absolute Gasteiger partial charge is 0.332 e. The summed E-state index contributed by atoms with van der Waals surface area (Å²) in [6, 6.07) is 0.520. The van der Waals surface area contributed by atoms with Crippen molar-refractivity contribution in [2.75, 3.05) is 5.75 Å². The van der Waals surface area contributed by atoms with Crippen LogP contribution in [0.1, 0.15) is 57.8 Å². The van der Waals surface area contributed by atoms with Gasteiger partial charge < -0.3 is 15.4 Å². The lowest BCUT2D eigenvalue weighted by Gasteiger charge is -2.16. The zero-order valence-corrected chi connectivity index (χ0v) is 13.8. The van der Waals surface area contributed by atoms with Gasteiger partial charge in [-0.05, 0) is 25.7 Å². The summed E-state index contributed by atoms with van der Waals surface area (Å²) in [5, 5.41) is 6.43. The number of Topliss-reactive ketones (excluding diaryl/α,β-unsaturated/α-hetero) is 1. The number of nitrogens with one attached hydrogen (secondary N) is 2. The molecule has 0 aliphatic carbocycles. The van der Waals surface area contributed by atoms with Crippen molar-refractivity contribution in [3.63, 3.8) is 0 Å². The summed E-state index contributed by atoms with van der Waals surface area (Å²) in [6.45, 7) is 0. The van der Waals surface area contributed by atoms with Crippen LogP contribution in [-0.2, 0) is 9.59 Å². The number of rotatable bonds is 11. The van der Waals surface area contributed by atoms with Gasteiger partial charge in [-0.15, -0.1) is 0 Å². The molecule has 3 atom stereocenters. The number of amides is 2. The summed E-state index contributed by atoms with van der Waals surface area (Å²) < 4.78 is 0. The number of thioether (sulfide) groups is 1. The zero-order valence-electron chi connectivity index (χ0n) is 13.0. The molecule has 2 aliphatic heterocycles. The molecule has 0 bridgehead atoms. The number of aldehydes is 1. The van der Waals surface area contributed by atoms with Gasteiger partial charge in [0.2, 0.25) is 0 Å². The summed E-state index contributed by atoms with van der Waals surface area (Å²) in [5.74, 6) is 1.34. The van der Waals surface area contributed by atoms with Gasteiger partial charge >= 0.3 is 6.03 Å². The number of hydrogen-bond acceptors (Lipinski definition) is 4. The van der Waals surface area contributed by atoms with E-state index in [1.54, 1.807) is 0 Å². The van der Waals surface area contributed by atoms with E-state index < -0.39 is 0 Å². The van der Waals surface area contributed by atoms with Crippen molar-refractivity contribution in [3.05, 3.63) is 0 Å². The Morgan fingerprint density at radius 1 is 1.14 bits per heavy atom. The van der Waals surface area contributed by atoms with Gasteiger partial charge in [-0.3, -0.25) is 4.79 Å². The molecule has 0 radical (unpaired) electrons. The van der Waals surface area contributed by atoms with E-state index in [0.717, 1.165) is 50.6 Å². The fourth-order valence-corrected chi connectivity index (χ4v) is 4.71. The maximum atomic E-state index is 11.8. The minimum absolute atomic E-state index is 0.0370. The highest BCUT2D eigenvalue weighted by Crippen LogP contribution is 2.33. The second-order valence-electron chi connectivity index (χ2n) is 6.17. The van der Waals surface area contributed by atoms with Gasteiger partial charge in [0.05, 0.1) is 12.1 Å². The fraction of sp³-hybridized carbons (Fsp3) is 0.812. The van der Waals surface area contributed by atoms with Gasteiger partial charge in [-0.25, -0.2) is 4.79 Å². The number of fused-ring (bicyclic) bond motifs is 1. The molecule has 2 N–H and O–H groups in total. The van der Waals surface area contributed by atoms with Crippen LogP contribution in [0.4, 0.5) is 4.79 Å². The molecule has 0 aromatic rings. The highest BCUT2D eigenvalue weighted by Gasteiger charge is 2.42. The number of urea groups is 1. The first-order valence-corrected chi connectivity index (χ1v) is 9.39. The molecule has 0 unspecified atom stereocenters. The molecule has 6 heteroatoms. The van der Waals surface area contributed by atoms with E-state index in [2.05, 4.69) is 10.6 Å². The quantitative estimate of drug-likeness (QED) is 0.347. The Morgan fingerprint density at radius 2 is 1.91 bits per heavy atom. The van der Waals surface area contributed by atoms with E-state index in [9.17, 15) is 14.4 Å². The van der Waals surface area contributed by atoms with Crippen LogP contribution in [0.25, 0.3) is 0 Å². The van der Waals surface area contributed by atoms with Crippen molar-refractivity contribution < 1.29 is 14.4 Å². The molecule has 2 aliphatic rings. The lowest BCUT2D eigenvalue weighted by atomic mass is 10.0. The predicted octanol–water partition coefficient (Wildman–Crippen LogP) is 2.43. The Hall–Kier alpha value is -1.04. The normalized spacial score (nSPS) is 26.4. The number of unbranched alkanes of at least 4 members (excludes halogenated alkanes) is 4. The molecule has 22 heavy (non-hydrogen) atoms. The Kier molecular flexibility index (Phi) is 7.22. The smallest absolute Gasteiger partial charge is 0.315 e. The van der Waals surface area contributed by atoms with E-state index in [4.69, 9.17) is 0 Å². The third-order valence-electron chi connectivity index (χ3n) is 4.41. The SMILES string of the molecule is O=CCCCCCC(=O)CCCC[C@@H]1SC[C@@H]2NC(=O)N[C@@H]21. The van der Waals surface area contributed by atoms with Crippen LogP contribution in [0.2, 0.25) is 0 Å². The van der Waals surface area contributed by atoms with Gasteiger partial charge in [0, 0.05) is 30.3 Å². The average molecular weight is 326 g/mol. The average Bonchev–Trinajstić information content (AvgIpc) is 3.03. The standard InChI is InChI=1S/C16H26N2O3S/c19-10-6-2-1-3-7-12(20)8-4-5-9-14-15-13(11-22-14)17-16(21)18-15/h10,13-15H,1-9,11H2,(H2,17,18,21)/t13-,14-,15-/m0/s1. The summed E-state index contributed by atoms with van der Waals surface area (Å²) in [7, 11) is 0.